The van der Waals surface area contributed by atoms with Crippen LogP contribution in [-0.4, -0.2) is 31.1 Å². The van der Waals surface area contributed by atoms with Gasteiger partial charge in [0, 0.05) is 11.0 Å². The highest BCUT2D eigenvalue weighted by Crippen LogP contribution is 2.74. The van der Waals surface area contributed by atoms with Crippen molar-refractivity contribution in [1.29, 1.82) is 0 Å². The zero-order chi connectivity index (χ0) is 14.5. The first-order valence-electron chi connectivity index (χ1n) is 6.47. The number of ketones is 1. The van der Waals surface area contributed by atoms with E-state index in [1.54, 1.807) is 18.2 Å². The molecule has 106 valence electrons. The van der Waals surface area contributed by atoms with E-state index in [0.717, 1.165) is 0 Å². The van der Waals surface area contributed by atoms with E-state index in [9.17, 15) is 9.59 Å². The fourth-order valence-electron chi connectivity index (χ4n) is 3.54. The fraction of sp³-hybridized carbons (Fsp3) is 0.467. The summed E-state index contributed by atoms with van der Waals surface area (Å²) in [7, 11) is 3.06. The van der Waals surface area contributed by atoms with Crippen molar-refractivity contribution in [3.63, 3.8) is 0 Å². The van der Waals surface area contributed by atoms with Gasteiger partial charge < -0.3 is 14.6 Å². The Bertz CT molecular complexity index is 585. The first-order chi connectivity index (χ1) is 9.46. The largest absolute Gasteiger partial charge is 0.493 e. The third-order valence-electron chi connectivity index (χ3n) is 4.61. The van der Waals surface area contributed by atoms with Gasteiger partial charge in [-0.2, -0.15) is 0 Å². The normalized spacial score (nSPS) is 29.9. The van der Waals surface area contributed by atoms with Crippen LogP contribution in [0.2, 0.25) is 0 Å². The summed E-state index contributed by atoms with van der Waals surface area (Å²) in [6.45, 7) is 0. The molecule has 1 aromatic rings. The SMILES string of the molecule is COc1ccc(C(=O)C23CC(C(=O)O)(C2)C3)cc1OC. The van der Waals surface area contributed by atoms with Crippen LogP contribution in [0, 0.1) is 10.8 Å². The van der Waals surface area contributed by atoms with Crippen molar-refractivity contribution in [2.45, 2.75) is 19.3 Å². The fourth-order valence-corrected chi connectivity index (χ4v) is 3.54. The average Bonchev–Trinajstić information content (AvgIpc) is 2.34. The Morgan fingerprint density at radius 3 is 2.15 bits per heavy atom. The second kappa shape index (κ2) is 3.98. The molecule has 0 radical (unpaired) electrons. The molecule has 3 aliphatic carbocycles. The third-order valence-corrected chi connectivity index (χ3v) is 4.61. The molecule has 0 unspecified atom stereocenters. The molecule has 4 rings (SSSR count). The van der Waals surface area contributed by atoms with E-state index in [2.05, 4.69) is 0 Å². The first-order valence-corrected chi connectivity index (χ1v) is 6.47. The van der Waals surface area contributed by atoms with Crippen LogP contribution in [0.3, 0.4) is 0 Å². The maximum atomic E-state index is 12.5. The van der Waals surface area contributed by atoms with Gasteiger partial charge in [-0.1, -0.05) is 0 Å². The number of benzene rings is 1. The maximum Gasteiger partial charge on any atom is 0.309 e. The number of hydrogen-bond acceptors (Lipinski definition) is 4. The second-order valence-corrected chi connectivity index (χ2v) is 5.80. The lowest BCUT2D eigenvalue weighted by Crippen LogP contribution is -2.68. The number of methoxy groups -OCH3 is 2. The molecule has 3 fully saturated rings. The highest BCUT2D eigenvalue weighted by atomic mass is 16.5. The molecule has 3 saturated carbocycles. The quantitative estimate of drug-likeness (QED) is 0.834. The minimum Gasteiger partial charge on any atom is -0.493 e. The third kappa shape index (κ3) is 1.49. The monoisotopic (exact) mass is 276 g/mol. The lowest BCUT2D eigenvalue weighted by molar-refractivity contribution is -0.204. The molecule has 0 aromatic heterocycles. The summed E-state index contributed by atoms with van der Waals surface area (Å²) in [6.07, 6.45) is 1.38. The summed E-state index contributed by atoms with van der Waals surface area (Å²) < 4.78 is 10.3. The standard InChI is InChI=1S/C15H16O5/c1-19-10-4-3-9(5-11(10)20-2)12(16)14-6-15(7-14,8-14)13(17)18/h3-5H,6-8H2,1-2H3,(H,17,18). The molecule has 2 bridgehead atoms. The number of rotatable bonds is 5. The number of carboxylic acids is 1. The summed E-state index contributed by atoms with van der Waals surface area (Å²) >= 11 is 0. The van der Waals surface area contributed by atoms with Gasteiger partial charge in [-0.3, -0.25) is 9.59 Å². The van der Waals surface area contributed by atoms with Gasteiger partial charge in [0.2, 0.25) is 0 Å². The topological polar surface area (TPSA) is 72.8 Å². The Hall–Kier alpha value is -2.04. The molecular weight excluding hydrogens is 260 g/mol. The van der Waals surface area contributed by atoms with Crippen molar-refractivity contribution in [3.05, 3.63) is 23.8 Å². The maximum absolute atomic E-state index is 12.5. The van der Waals surface area contributed by atoms with Crippen LogP contribution in [0.25, 0.3) is 0 Å². The van der Waals surface area contributed by atoms with Crippen LogP contribution in [-0.2, 0) is 4.79 Å². The van der Waals surface area contributed by atoms with E-state index >= 15 is 0 Å². The van der Waals surface area contributed by atoms with Gasteiger partial charge in [0.15, 0.2) is 17.3 Å². The molecule has 5 heteroatoms. The Kier molecular flexibility index (Phi) is 2.58. The van der Waals surface area contributed by atoms with Gasteiger partial charge in [-0.05, 0) is 37.5 Å². The molecule has 0 heterocycles. The number of carbonyl (C=O) groups is 2. The lowest BCUT2D eigenvalue weighted by atomic mass is 9.33. The number of Topliss-reactive ketones (excluding diaryl/α,β-unsaturated/α-hetero) is 1. The van der Waals surface area contributed by atoms with Crippen LogP contribution in [0.15, 0.2) is 18.2 Å². The van der Waals surface area contributed by atoms with E-state index in [1.165, 1.54) is 14.2 Å². The van der Waals surface area contributed by atoms with E-state index in [1.807, 2.05) is 0 Å². The molecule has 5 nitrogen and oxygen atoms in total. The molecule has 0 aliphatic heterocycles. The van der Waals surface area contributed by atoms with E-state index in [0.29, 0.717) is 36.3 Å². The summed E-state index contributed by atoms with van der Waals surface area (Å²) in [5.74, 6) is 0.322. The van der Waals surface area contributed by atoms with Crippen molar-refractivity contribution >= 4 is 11.8 Å². The van der Waals surface area contributed by atoms with Gasteiger partial charge in [-0.15, -0.1) is 0 Å². The molecule has 1 N–H and O–H groups in total. The predicted molar refractivity (Wildman–Crippen MR) is 70.2 cm³/mol. The Balaban J connectivity index is 1.82. The molecule has 20 heavy (non-hydrogen) atoms. The number of carbonyl (C=O) groups excluding carboxylic acids is 1. The van der Waals surface area contributed by atoms with Crippen LogP contribution in [0.1, 0.15) is 29.6 Å². The highest BCUT2D eigenvalue weighted by Gasteiger charge is 2.74. The molecule has 0 amide bonds. The van der Waals surface area contributed by atoms with E-state index in [-0.39, 0.29) is 5.78 Å². The van der Waals surface area contributed by atoms with Crippen molar-refractivity contribution in [3.8, 4) is 11.5 Å². The van der Waals surface area contributed by atoms with Gasteiger partial charge in [0.1, 0.15) is 0 Å². The van der Waals surface area contributed by atoms with Gasteiger partial charge >= 0.3 is 5.97 Å². The zero-order valence-electron chi connectivity index (χ0n) is 11.4. The minimum absolute atomic E-state index is 0.0154. The van der Waals surface area contributed by atoms with Crippen LogP contribution >= 0.6 is 0 Å². The molecule has 3 aliphatic rings. The minimum atomic E-state index is -0.778. The van der Waals surface area contributed by atoms with Crippen molar-refractivity contribution in [2.24, 2.45) is 10.8 Å². The number of ether oxygens (including phenoxy) is 2. The summed E-state index contributed by atoms with van der Waals surface area (Å²) in [4.78, 5) is 23.6. The smallest absolute Gasteiger partial charge is 0.309 e. The Labute approximate surface area is 116 Å². The zero-order valence-corrected chi connectivity index (χ0v) is 11.4. The summed E-state index contributed by atoms with van der Waals surface area (Å²) in [5.41, 5.74) is -0.536. The molecular formula is C15H16O5. The molecule has 0 saturated heterocycles. The number of aliphatic carboxylic acids is 1. The van der Waals surface area contributed by atoms with Crippen LogP contribution in [0.5, 0.6) is 11.5 Å². The summed E-state index contributed by atoms with van der Waals surface area (Å²) in [5, 5.41) is 9.10. The first kappa shape index (κ1) is 13.0. The molecule has 0 atom stereocenters. The van der Waals surface area contributed by atoms with Gasteiger partial charge in [-0.25, -0.2) is 0 Å². The Morgan fingerprint density at radius 2 is 1.65 bits per heavy atom. The van der Waals surface area contributed by atoms with E-state index in [4.69, 9.17) is 14.6 Å². The lowest BCUT2D eigenvalue weighted by Gasteiger charge is -2.66. The van der Waals surface area contributed by atoms with Crippen LogP contribution < -0.4 is 9.47 Å². The van der Waals surface area contributed by atoms with Crippen molar-refractivity contribution in [1.82, 2.24) is 0 Å². The van der Waals surface area contributed by atoms with E-state index < -0.39 is 16.8 Å². The molecule has 0 spiro atoms. The molecule has 1 aromatic carbocycles. The predicted octanol–water partition coefficient (Wildman–Crippen LogP) is 2.14. The van der Waals surface area contributed by atoms with Crippen molar-refractivity contribution < 1.29 is 24.2 Å². The average molecular weight is 276 g/mol. The number of hydrogen-bond donors (Lipinski definition) is 1. The second-order valence-electron chi connectivity index (χ2n) is 5.80. The Morgan fingerprint density at radius 1 is 1.05 bits per heavy atom. The highest BCUT2D eigenvalue weighted by molar-refractivity contribution is 6.05. The van der Waals surface area contributed by atoms with Crippen LogP contribution in [0.4, 0.5) is 0 Å². The number of carboxylic acid groups (broad SMARTS) is 1. The van der Waals surface area contributed by atoms with Gasteiger partial charge in [0.05, 0.1) is 19.6 Å². The summed E-state index contributed by atoms with van der Waals surface area (Å²) in [6, 6.07) is 5.07. The van der Waals surface area contributed by atoms with Crippen molar-refractivity contribution in [2.75, 3.05) is 14.2 Å². The van der Waals surface area contributed by atoms with Gasteiger partial charge in [0.25, 0.3) is 0 Å².